The fourth-order valence-corrected chi connectivity index (χ4v) is 1.63. The smallest absolute Gasteiger partial charge is 0.272 e. The lowest BCUT2D eigenvalue weighted by molar-refractivity contribution is 0.546. The van der Waals surface area contributed by atoms with E-state index in [9.17, 15) is 4.79 Å². The van der Waals surface area contributed by atoms with Crippen LogP contribution in [-0.2, 0) is 0 Å². The summed E-state index contributed by atoms with van der Waals surface area (Å²) in [4.78, 5) is 11.6. The van der Waals surface area contributed by atoms with Crippen LogP contribution in [0.4, 0.5) is 0 Å². The average molecular weight is 201 g/mol. The molecule has 0 spiro atoms. The summed E-state index contributed by atoms with van der Waals surface area (Å²) in [5, 5.41) is 12.1. The first-order valence-corrected chi connectivity index (χ1v) is 4.78. The Kier molecular flexibility index (Phi) is 2.09. The second-order valence-electron chi connectivity index (χ2n) is 3.75. The van der Waals surface area contributed by atoms with Crippen LogP contribution >= 0.6 is 0 Å². The van der Waals surface area contributed by atoms with Gasteiger partial charge in [0, 0.05) is 6.04 Å². The number of rotatable bonds is 1. The zero-order valence-corrected chi connectivity index (χ0v) is 8.61. The van der Waals surface area contributed by atoms with E-state index in [0.29, 0.717) is 10.9 Å². The Morgan fingerprint density at radius 2 is 2.20 bits per heavy atom. The molecule has 0 aliphatic heterocycles. The number of benzene rings is 1. The van der Waals surface area contributed by atoms with E-state index in [0.717, 1.165) is 5.52 Å². The van der Waals surface area contributed by atoms with Gasteiger partial charge in [-0.3, -0.25) is 14.6 Å². The van der Waals surface area contributed by atoms with Gasteiger partial charge in [-0.15, -0.1) is 0 Å². The van der Waals surface area contributed by atoms with Crippen LogP contribution in [0, 0.1) is 11.3 Å². The van der Waals surface area contributed by atoms with Crippen LogP contribution in [-0.4, -0.2) is 9.78 Å². The largest absolute Gasteiger partial charge is 0.282 e. The number of hydrogen-bond donors (Lipinski definition) is 1. The molecule has 0 amide bonds. The van der Waals surface area contributed by atoms with Crippen molar-refractivity contribution in [3.63, 3.8) is 0 Å². The molecule has 0 saturated carbocycles. The molecule has 0 radical (unpaired) electrons. The maximum atomic E-state index is 11.6. The maximum absolute atomic E-state index is 11.6. The van der Waals surface area contributed by atoms with Gasteiger partial charge in [-0.1, -0.05) is 0 Å². The molecule has 1 aromatic heterocycles. The Morgan fingerprint density at radius 3 is 2.80 bits per heavy atom. The fourth-order valence-electron chi connectivity index (χ4n) is 1.63. The van der Waals surface area contributed by atoms with Crippen LogP contribution in [0.1, 0.15) is 25.5 Å². The molecule has 0 unspecified atom stereocenters. The number of aromatic amines is 1. The van der Waals surface area contributed by atoms with E-state index in [1.54, 1.807) is 22.9 Å². The lowest BCUT2D eigenvalue weighted by Gasteiger charge is -2.07. The van der Waals surface area contributed by atoms with Gasteiger partial charge in [-0.05, 0) is 32.0 Å². The van der Waals surface area contributed by atoms with Gasteiger partial charge in [0.25, 0.3) is 5.56 Å². The second-order valence-corrected chi connectivity index (χ2v) is 3.75. The minimum Gasteiger partial charge on any atom is -0.282 e. The molecule has 0 bridgehead atoms. The van der Waals surface area contributed by atoms with Crippen LogP contribution in [0.3, 0.4) is 0 Å². The zero-order chi connectivity index (χ0) is 11.0. The van der Waals surface area contributed by atoms with E-state index in [2.05, 4.69) is 5.10 Å². The highest BCUT2D eigenvalue weighted by molar-refractivity contribution is 5.80. The molecule has 0 fully saturated rings. The molecule has 15 heavy (non-hydrogen) atoms. The van der Waals surface area contributed by atoms with E-state index >= 15 is 0 Å². The zero-order valence-electron chi connectivity index (χ0n) is 8.61. The third-order valence-corrected chi connectivity index (χ3v) is 2.37. The van der Waals surface area contributed by atoms with Gasteiger partial charge >= 0.3 is 0 Å². The van der Waals surface area contributed by atoms with Gasteiger partial charge in [0.15, 0.2) is 0 Å². The molecule has 1 N–H and O–H groups in total. The van der Waals surface area contributed by atoms with Crippen LogP contribution < -0.4 is 5.56 Å². The Morgan fingerprint density at radius 1 is 1.47 bits per heavy atom. The molecular formula is C11H11N3O. The first-order chi connectivity index (χ1) is 7.13. The number of nitrogens with one attached hydrogen (secondary N) is 1. The monoisotopic (exact) mass is 201 g/mol. The highest BCUT2D eigenvalue weighted by Crippen LogP contribution is 2.15. The van der Waals surface area contributed by atoms with E-state index in [4.69, 9.17) is 5.26 Å². The lowest BCUT2D eigenvalue weighted by Crippen LogP contribution is -2.07. The topological polar surface area (TPSA) is 61.6 Å². The fraction of sp³-hybridized carbons (Fsp3) is 0.273. The van der Waals surface area contributed by atoms with E-state index < -0.39 is 0 Å². The highest BCUT2D eigenvalue weighted by Gasteiger charge is 2.08. The van der Waals surface area contributed by atoms with Gasteiger partial charge in [-0.2, -0.15) is 5.26 Å². The SMILES string of the molecule is CC(C)n1[nH]c(=O)c2cc(C#N)ccc21. The second kappa shape index (κ2) is 3.28. The predicted molar refractivity (Wildman–Crippen MR) is 57.7 cm³/mol. The molecule has 2 aromatic rings. The first kappa shape index (κ1) is 9.53. The summed E-state index contributed by atoms with van der Waals surface area (Å²) in [6, 6.07) is 7.35. The van der Waals surface area contributed by atoms with Crippen molar-refractivity contribution in [1.29, 1.82) is 5.26 Å². The van der Waals surface area contributed by atoms with Gasteiger partial charge in [0.2, 0.25) is 0 Å². The van der Waals surface area contributed by atoms with Gasteiger partial charge in [-0.25, -0.2) is 0 Å². The molecule has 1 aromatic carbocycles. The van der Waals surface area contributed by atoms with Crippen molar-refractivity contribution >= 4 is 10.9 Å². The summed E-state index contributed by atoms with van der Waals surface area (Å²) in [7, 11) is 0. The molecule has 2 rings (SSSR count). The van der Waals surface area contributed by atoms with E-state index in [1.165, 1.54) is 0 Å². The highest BCUT2D eigenvalue weighted by atomic mass is 16.1. The third-order valence-electron chi connectivity index (χ3n) is 2.37. The quantitative estimate of drug-likeness (QED) is 0.764. The number of nitriles is 1. The molecule has 76 valence electrons. The van der Waals surface area contributed by atoms with Crippen molar-refractivity contribution in [1.82, 2.24) is 9.78 Å². The van der Waals surface area contributed by atoms with Crippen LogP contribution in [0.5, 0.6) is 0 Å². The van der Waals surface area contributed by atoms with Crippen molar-refractivity contribution in [3.05, 3.63) is 34.1 Å². The van der Waals surface area contributed by atoms with Crippen LogP contribution in [0.25, 0.3) is 10.9 Å². The molecule has 4 nitrogen and oxygen atoms in total. The molecule has 4 heteroatoms. The van der Waals surface area contributed by atoms with Crippen LogP contribution in [0.2, 0.25) is 0 Å². The normalized spacial score (nSPS) is 10.8. The first-order valence-electron chi connectivity index (χ1n) is 4.78. The van der Waals surface area contributed by atoms with Gasteiger partial charge in [0.1, 0.15) is 0 Å². The Bertz CT molecular complexity index is 598. The number of nitrogens with zero attached hydrogens (tertiary/aromatic N) is 2. The minimum atomic E-state index is -0.143. The van der Waals surface area contributed by atoms with Crippen molar-refractivity contribution in [2.45, 2.75) is 19.9 Å². The molecular weight excluding hydrogens is 190 g/mol. The summed E-state index contributed by atoms with van der Waals surface area (Å²) in [6.07, 6.45) is 0. The minimum absolute atomic E-state index is 0.143. The Hall–Kier alpha value is -2.02. The van der Waals surface area contributed by atoms with Crippen molar-refractivity contribution in [3.8, 4) is 6.07 Å². The van der Waals surface area contributed by atoms with Crippen molar-refractivity contribution in [2.24, 2.45) is 0 Å². The van der Waals surface area contributed by atoms with Crippen molar-refractivity contribution < 1.29 is 0 Å². The summed E-state index contributed by atoms with van der Waals surface area (Å²) >= 11 is 0. The van der Waals surface area contributed by atoms with Crippen LogP contribution in [0.15, 0.2) is 23.0 Å². The number of fused-ring (bicyclic) bond motifs is 1. The molecule has 0 aliphatic rings. The molecule has 1 heterocycles. The standard InChI is InChI=1S/C11H11N3O/c1-7(2)14-10-4-3-8(6-12)5-9(10)11(15)13-14/h3-5,7H,1-2H3,(H,13,15). The van der Waals surface area contributed by atoms with Gasteiger partial charge in [0.05, 0.1) is 22.5 Å². The van der Waals surface area contributed by atoms with Crippen molar-refractivity contribution in [2.75, 3.05) is 0 Å². The van der Waals surface area contributed by atoms with E-state index in [-0.39, 0.29) is 11.6 Å². The molecule has 0 saturated heterocycles. The maximum Gasteiger partial charge on any atom is 0.272 e. The third kappa shape index (κ3) is 1.42. The Balaban J connectivity index is 2.82. The number of H-pyrrole nitrogens is 1. The summed E-state index contributed by atoms with van der Waals surface area (Å²) in [5.74, 6) is 0. The van der Waals surface area contributed by atoms with Gasteiger partial charge < -0.3 is 0 Å². The summed E-state index contributed by atoms with van der Waals surface area (Å²) < 4.78 is 1.80. The lowest BCUT2D eigenvalue weighted by atomic mass is 10.2. The average Bonchev–Trinajstić information content (AvgIpc) is 2.56. The number of aromatic nitrogens is 2. The number of hydrogen-bond acceptors (Lipinski definition) is 2. The summed E-state index contributed by atoms with van der Waals surface area (Å²) in [6.45, 7) is 3.99. The predicted octanol–water partition coefficient (Wildman–Crippen LogP) is 1.78. The Labute approximate surface area is 86.7 Å². The molecule has 0 aliphatic carbocycles. The van der Waals surface area contributed by atoms with E-state index in [1.807, 2.05) is 19.9 Å². The molecule has 0 atom stereocenters. The summed E-state index contributed by atoms with van der Waals surface area (Å²) in [5.41, 5.74) is 1.21.